The fourth-order valence-electron chi connectivity index (χ4n) is 2.72. The number of carbonyl (C=O) groups is 2. The number of rotatable bonds is 7. The molecule has 0 aromatic heterocycles. The average Bonchev–Trinajstić information content (AvgIpc) is 2.75. The molecule has 0 heterocycles. The van der Waals surface area contributed by atoms with Crippen LogP contribution in [0.25, 0.3) is 0 Å². The standard InChI is InChI=1S/C23H20BrFN2O4/c1-14-3-9-19(18(24)11-14)27-23(29)15-4-10-20(21(12-15)30-2)31-13-22(28)26-17-7-5-16(25)6-8-17/h3-12H,13H2,1-2H3,(H,26,28)(H,27,29). The van der Waals surface area contributed by atoms with Crippen molar-refractivity contribution in [3.05, 3.63) is 82.1 Å². The molecule has 0 saturated carbocycles. The quantitative estimate of drug-likeness (QED) is 0.482. The molecule has 31 heavy (non-hydrogen) atoms. The van der Waals surface area contributed by atoms with E-state index in [9.17, 15) is 14.0 Å². The highest BCUT2D eigenvalue weighted by Crippen LogP contribution is 2.29. The lowest BCUT2D eigenvalue weighted by atomic mass is 10.1. The number of ether oxygens (including phenoxy) is 2. The second kappa shape index (κ2) is 10.1. The molecule has 0 aliphatic rings. The molecule has 0 bridgehead atoms. The van der Waals surface area contributed by atoms with Gasteiger partial charge >= 0.3 is 0 Å². The monoisotopic (exact) mass is 486 g/mol. The molecule has 0 unspecified atom stereocenters. The molecule has 2 N–H and O–H groups in total. The second-order valence-electron chi connectivity index (χ2n) is 6.65. The summed E-state index contributed by atoms with van der Waals surface area (Å²) in [5, 5.41) is 5.44. The van der Waals surface area contributed by atoms with Crippen LogP contribution in [0.15, 0.2) is 65.1 Å². The molecule has 3 rings (SSSR count). The SMILES string of the molecule is COc1cc(C(=O)Nc2ccc(C)cc2Br)ccc1OCC(=O)Nc1ccc(F)cc1. The first-order valence-electron chi connectivity index (χ1n) is 9.29. The van der Waals surface area contributed by atoms with Crippen molar-refractivity contribution in [2.75, 3.05) is 24.4 Å². The third-order valence-electron chi connectivity index (χ3n) is 4.29. The number of hydrogen-bond donors (Lipinski definition) is 2. The summed E-state index contributed by atoms with van der Waals surface area (Å²) in [6, 6.07) is 15.7. The Kier molecular flexibility index (Phi) is 7.25. The summed E-state index contributed by atoms with van der Waals surface area (Å²) < 4.78 is 24.5. The van der Waals surface area contributed by atoms with E-state index < -0.39 is 11.7 Å². The van der Waals surface area contributed by atoms with Crippen LogP contribution in [0.1, 0.15) is 15.9 Å². The molecule has 0 aliphatic carbocycles. The maximum Gasteiger partial charge on any atom is 0.262 e. The Balaban J connectivity index is 1.64. The number of anilines is 2. The third kappa shape index (κ3) is 6.05. The maximum absolute atomic E-state index is 12.9. The van der Waals surface area contributed by atoms with Crippen LogP contribution < -0.4 is 20.1 Å². The molecule has 0 atom stereocenters. The number of halogens is 2. The zero-order chi connectivity index (χ0) is 22.4. The van der Waals surface area contributed by atoms with Gasteiger partial charge in [-0.05, 0) is 83.0 Å². The van der Waals surface area contributed by atoms with Gasteiger partial charge in [-0.3, -0.25) is 9.59 Å². The van der Waals surface area contributed by atoms with Crippen LogP contribution in [0.3, 0.4) is 0 Å². The van der Waals surface area contributed by atoms with Gasteiger partial charge in [-0.1, -0.05) is 6.07 Å². The van der Waals surface area contributed by atoms with Gasteiger partial charge in [0.1, 0.15) is 5.82 Å². The van der Waals surface area contributed by atoms with Gasteiger partial charge in [-0.15, -0.1) is 0 Å². The minimum Gasteiger partial charge on any atom is -0.493 e. The number of nitrogens with one attached hydrogen (secondary N) is 2. The Labute approximate surface area is 187 Å². The molecule has 3 aromatic rings. The number of benzene rings is 3. The van der Waals surface area contributed by atoms with Gasteiger partial charge in [-0.2, -0.15) is 0 Å². The summed E-state index contributed by atoms with van der Waals surface area (Å²) in [4.78, 5) is 24.7. The molecular formula is C23H20BrFN2O4. The smallest absolute Gasteiger partial charge is 0.262 e. The Bertz CT molecular complexity index is 1100. The van der Waals surface area contributed by atoms with E-state index in [4.69, 9.17) is 9.47 Å². The Morgan fingerprint density at radius 1 is 0.968 bits per heavy atom. The van der Waals surface area contributed by atoms with Gasteiger partial charge in [0.05, 0.1) is 12.8 Å². The maximum atomic E-state index is 12.9. The van der Waals surface area contributed by atoms with E-state index in [0.29, 0.717) is 28.4 Å². The number of hydrogen-bond acceptors (Lipinski definition) is 4. The Hall–Kier alpha value is -3.39. The van der Waals surface area contributed by atoms with Gasteiger partial charge in [0.15, 0.2) is 18.1 Å². The molecule has 160 valence electrons. The number of amides is 2. The molecule has 2 amide bonds. The topological polar surface area (TPSA) is 76.7 Å². The molecule has 0 spiro atoms. The average molecular weight is 487 g/mol. The van der Waals surface area contributed by atoms with E-state index in [1.807, 2.05) is 25.1 Å². The third-order valence-corrected chi connectivity index (χ3v) is 4.94. The molecule has 0 radical (unpaired) electrons. The molecule has 8 heteroatoms. The molecule has 0 fully saturated rings. The fraction of sp³-hybridized carbons (Fsp3) is 0.130. The number of methoxy groups -OCH3 is 1. The van der Waals surface area contributed by atoms with Crippen LogP contribution in [0.4, 0.5) is 15.8 Å². The molecule has 6 nitrogen and oxygen atoms in total. The predicted molar refractivity (Wildman–Crippen MR) is 120 cm³/mol. The van der Waals surface area contributed by atoms with Gasteiger partial charge in [0.25, 0.3) is 11.8 Å². The van der Waals surface area contributed by atoms with Crippen molar-refractivity contribution in [3.8, 4) is 11.5 Å². The molecular weight excluding hydrogens is 467 g/mol. The minimum absolute atomic E-state index is 0.282. The van der Waals surface area contributed by atoms with Gasteiger partial charge < -0.3 is 20.1 Å². The summed E-state index contributed by atoms with van der Waals surface area (Å²) in [5.74, 6) is -0.504. The summed E-state index contributed by atoms with van der Waals surface area (Å²) in [7, 11) is 1.44. The van der Waals surface area contributed by atoms with E-state index in [-0.39, 0.29) is 12.5 Å². The fourth-order valence-corrected chi connectivity index (χ4v) is 3.31. The highest BCUT2D eigenvalue weighted by molar-refractivity contribution is 9.10. The minimum atomic E-state index is -0.417. The van der Waals surface area contributed by atoms with Crippen LogP contribution in [0.2, 0.25) is 0 Å². The zero-order valence-electron chi connectivity index (χ0n) is 16.9. The summed E-state index contributed by atoms with van der Waals surface area (Å²) in [5.41, 5.74) is 2.53. The van der Waals surface area contributed by atoms with E-state index in [1.165, 1.54) is 37.4 Å². The van der Waals surface area contributed by atoms with Crippen molar-refractivity contribution < 1.29 is 23.5 Å². The van der Waals surface area contributed by atoms with Gasteiger partial charge in [-0.25, -0.2) is 4.39 Å². The van der Waals surface area contributed by atoms with Gasteiger partial charge in [0.2, 0.25) is 0 Å². The van der Waals surface area contributed by atoms with Crippen molar-refractivity contribution in [3.63, 3.8) is 0 Å². The first-order valence-corrected chi connectivity index (χ1v) is 10.1. The van der Waals surface area contributed by atoms with E-state index in [2.05, 4.69) is 26.6 Å². The van der Waals surface area contributed by atoms with Gasteiger partial charge in [0, 0.05) is 15.7 Å². The Morgan fingerprint density at radius 3 is 2.39 bits per heavy atom. The highest BCUT2D eigenvalue weighted by Gasteiger charge is 2.14. The van der Waals surface area contributed by atoms with Crippen LogP contribution in [-0.4, -0.2) is 25.5 Å². The van der Waals surface area contributed by atoms with Crippen molar-refractivity contribution in [1.29, 1.82) is 0 Å². The van der Waals surface area contributed by atoms with Crippen LogP contribution in [-0.2, 0) is 4.79 Å². The van der Waals surface area contributed by atoms with Crippen LogP contribution >= 0.6 is 15.9 Å². The normalized spacial score (nSPS) is 10.3. The van der Waals surface area contributed by atoms with E-state index >= 15 is 0 Å². The predicted octanol–water partition coefficient (Wildman–Crippen LogP) is 5.18. The lowest BCUT2D eigenvalue weighted by molar-refractivity contribution is -0.118. The molecule has 0 saturated heterocycles. The lowest BCUT2D eigenvalue weighted by Gasteiger charge is -2.13. The first kappa shape index (κ1) is 22.3. The lowest BCUT2D eigenvalue weighted by Crippen LogP contribution is -2.20. The molecule has 3 aromatic carbocycles. The van der Waals surface area contributed by atoms with E-state index in [1.54, 1.807) is 12.1 Å². The van der Waals surface area contributed by atoms with Crippen molar-refractivity contribution in [2.24, 2.45) is 0 Å². The second-order valence-corrected chi connectivity index (χ2v) is 7.50. The molecule has 0 aliphatic heterocycles. The summed E-state index contributed by atoms with van der Waals surface area (Å²) in [6.07, 6.45) is 0. The first-order chi connectivity index (χ1) is 14.9. The summed E-state index contributed by atoms with van der Waals surface area (Å²) in [6.45, 7) is 1.68. The number of aryl methyl sites for hydroxylation is 1. The van der Waals surface area contributed by atoms with E-state index in [0.717, 1.165) is 10.0 Å². The van der Waals surface area contributed by atoms with Crippen molar-refractivity contribution >= 4 is 39.1 Å². The number of carbonyl (C=O) groups excluding carboxylic acids is 2. The zero-order valence-corrected chi connectivity index (χ0v) is 18.5. The summed E-state index contributed by atoms with van der Waals surface area (Å²) >= 11 is 3.43. The Morgan fingerprint density at radius 2 is 1.71 bits per heavy atom. The van der Waals surface area contributed by atoms with Crippen molar-refractivity contribution in [2.45, 2.75) is 6.92 Å². The van der Waals surface area contributed by atoms with Crippen LogP contribution in [0.5, 0.6) is 11.5 Å². The van der Waals surface area contributed by atoms with Crippen molar-refractivity contribution in [1.82, 2.24) is 0 Å². The largest absolute Gasteiger partial charge is 0.493 e. The van der Waals surface area contributed by atoms with Crippen LogP contribution in [0, 0.1) is 12.7 Å². The highest BCUT2D eigenvalue weighted by atomic mass is 79.9.